The fraction of sp³-hybridized carbons (Fsp3) is 0.889. The van der Waals surface area contributed by atoms with Crippen LogP contribution in [0.25, 0.3) is 0 Å². The molecule has 7 nitrogen and oxygen atoms in total. The van der Waals surface area contributed by atoms with Crippen LogP contribution in [0.2, 0.25) is 0 Å². The van der Waals surface area contributed by atoms with Gasteiger partial charge in [0.05, 0.1) is 12.4 Å². The van der Waals surface area contributed by atoms with Gasteiger partial charge in [0, 0.05) is 12.8 Å². The Labute approximate surface area is 158 Å². The van der Waals surface area contributed by atoms with Crippen molar-refractivity contribution in [2.45, 2.75) is 90.9 Å². The molecule has 0 aliphatic carbocycles. The Morgan fingerprint density at radius 2 is 1.15 bits per heavy atom. The first-order valence-electron chi connectivity index (χ1n) is 9.55. The summed E-state index contributed by atoms with van der Waals surface area (Å²) >= 11 is 0. The summed E-state index contributed by atoms with van der Waals surface area (Å²) in [5, 5.41) is 7.72. The zero-order valence-corrected chi connectivity index (χ0v) is 17.1. The molecule has 0 spiro atoms. The second kappa shape index (κ2) is 18.6. The molecule has 2 N–H and O–H groups in total. The van der Waals surface area contributed by atoms with Gasteiger partial charge >= 0.3 is 11.9 Å². The van der Waals surface area contributed by atoms with Gasteiger partial charge in [-0.05, 0) is 12.8 Å². The first kappa shape index (κ1) is 27.1. The number of carboxylic acids is 1. The molecule has 0 aromatic rings. The van der Waals surface area contributed by atoms with Crippen molar-refractivity contribution in [1.29, 1.82) is 0 Å². The number of rotatable bonds is 15. The van der Waals surface area contributed by atoms with Gasteiger partial charge in [0.2, 0.25) is 0 Å². The van der Waals surface area contributed by atoms with Crippen LogP contribution < -0.4 is 0 Å². The Kier molecular flexibility index (Phi) is 19.4. The molecule has 0 aromatic carbocycles. The average molecular weight is 397 g/mol. The molecule has 0 aliphatic heterocycles. The maximum atomic E-state index is 10.9. The van der Waals surface area contributed by atoms with Crippen molar-refractivity contribution in [3.63, 3.8) is 0 Å². The molecule has 0 saturated carbocycles. The minimum absolute atomic E-state index is 0.115. The molecule has 0 aliphatic rings. The number of carboxylic acid groups (broad SMARTS) is 1. The van der Waals surface area contributed by atoms with Gasteiger partial charge in [-0.3, -0.25) is 14.1 Å². The van der Waals surface area contributed by atoms with Crippen molar-refractivity contribution in [3.05, 3.63) is 0 Å². The Hall–Kier alpha value is -1.15. The second-order valence-electron chi connectivity index (χ2n) is 6.14. The molecule has 8 heteroatoms. The highest BCUT2D eigenvalue weighted by Gasteiger charge is 2.02. The molecule has 0 amide bonds. The van der Waals surface area contributed by atoms with E-state index in [1.165, 1.54) is 25.7 Å². The summed E-state index contributed by atoms with van der Waals surface area (Å²) in [5.41, 5.74) is 0. The highest BCUT2D eigenvalue weighted by atomic mass is 32.2. The lowest BCUT2D eigenvalue weighted by atomic mass is 10.1. The van der Waals surface area contributed by atoms with Crippen molar-refractivity contribution in [2.75, 3.05) is 12.4 Å². The van der Waals surface area contributed by atoms with Crippen LogP contribution in [0, 0.1) is 0 Å². The third kappa shape index (κ3) is 27.7. The molecule has 0 bridgehead atoms. The quantitative estimate of drug-likeness (QED) is 0.242. The lowest BCUT2D eigenvalue weighted by molar-refractivity contribution is -0.143. The van der Waals surface area contributed by atoms with Gasteiger partial charge < -0.3 is 9.84 Å². The van der Waals surface area contributed by atoms with E-state index in [0.29, 0.717) is 19.4 Å². The summed E-state index contributed by atoms with van der Waals surface area (Å²) in [6, 6.07) is 0. The summed E-state index contributed by atoms with van der Waals surface area (Å²) in [5.74, 6) is -0.982. The summed E-state index contributed by atoms with van der Waals surface area (Å²) < 4.78 is 34.6. The Morgan fingerprint density at radius 1 is 0.769 bits per heavy atom. The largest absolute Gasteiger partial charge is 0.481 e. The normalized spacial score (nSPS) is 10.7. The zero-order valence-electron chi connectivity index (χ0n) is 16.2. The maximum Gasteiger partial charge on any atom is 0.305 e. The molecule has 26 heavy (non-hydrogen) atoms. The van der Waals surface area contributed by atoms with Crippen LogP contribution in [0.5, 0.6) is 0 Å². The highest BCUT2D eigenvalue weighted by molar-refractivity contribution is 7.85. The lowest BCUT2D eigenvalue weighted by Crippen LogP contribution is -2.03. The van der Waals surface area contributed by atoms with E-state index in [4.69, 9.17) is 14.4 Å². The van der Waals surface area contributed by atoms with E-state index < -0.39 is 16.1 Å². The van der Waals surface area contributed by atoms with Gasteiger partial charge in [-0.25, -0.2) is 0 Å². The third-order valence-corrected chi connectivity index (χ3v) is 4.46. The standard InChI is InChI=1S/C15H30O5S.C3H6O2/c1-2-15(16)20-13-11-9-7-5-3-4-6-8-10-12-14-21(17,18)19;1-2-3(4)5/h2-14H2,1H3,(H,17,18,19);2H2,1H3,(H,4,5). The van der Waals surface area contributed by atoms with Gasteiger partial charge in [0.1, 0.15) is 0 Å². The molecule has 0 rings (SSSR count). The third-order valence-electron chi connectivity index (χ3n) is 3.65. The number of hydrogen-bond donors (Lipinski definition) is 2. The number of ether oxygens (including phenoxy) is 1. The maximum absolute atomic E-state index is 10.9. The van der Waals surface area contributed by atoms with Crippen molar-refractivity contribution >= 4 is 22.1 Å². The lowest BCUT2D eigenvalue weighted by Gasteiger charge is -2.04. The number of carbonyl (C=O) groups excluding carboxylic acids is 1. The summed E-state index contributed by atoms with van der Waals surface area (Å²) in [4.78, 5) is 20.2. The number of carbonyl (C=O) groups is 2. The van der Waals surface area contributed by atoms with E-state index in [-0.39, 0.29) is 18.1 Å². The van der Waals surface area contributed by atoms with Crippen LogP contribution in [0.3, 0.4) is 0 Å². The summed E-state index contributed by atoms with van der Waals surface area (Å²) in [6.07, 6.45) is 11.0. The monoisotopic (exact) mass is 396 g/mol. The van der Waals surface area contributed by atoms with E-state index >= 15 is 0 Å². The van der Waals surface area contributed by atoms with Crippen LogP contribution >= 0.6 is 0 Å². The molecule has 0 fully saturated rings. The van der Waals surface area contributed by atoms with E-state index in [1.807, 2.05) is 0 Å². The summed E-state index contributed by atoms with van der Waals surface area (Å²) in [6.45, 7) is 3.94. The van der Waals surface area contributed by atoms with Crippen molar-refractivity contribution in [2.24, 2.45) is 0 Å². The minimum atomic E-state index is -3.78. The van der Waals surface area contributed by atoms with E-state index in [0.717, 1.165) is 32.1 Å². The molecule has 156 valence electrons. The van der Waals surface area contributed by atoms with Crippen molar-refractivity contribution in [3.8, 4) is 0 Å². The SMILES string of the molecule is CCC(=O)O.CCC(=O)OCCCCCCCCCCCCS(=O)(=O)O. The fourth-order valence-electron chi connectivity index (χ4n) is 2.09. The van der Waals surface area contributed by atoms with Crippen LogP contribution in [0.1, 0.15) is 90.9 Å². The van der Waals surface area contributed by atoms with Crippen LogP contribution in [-0.2, 0) is 24.4 Å². The zero-order chi connectivity index (χ0) is 20.3. The van der Waals surface area contributed by atoms with Gasteiger partial charge in [0.15, 0.2) is 0 Å². The Bertz CT molecular complexity index is 446. The molecular weight excluding hydrogens is 360 g/mol. The van der Waals surface area contributed by atoms with Gasteiger partial charge in [-0.15, -0.1) is 0 Å². The number of hydrogen-bond acceptors (Lipinski definition) is 5. The topological polar surface area (TPSA) is 118 Å². The highest BCUT2D eigenvalue weighted by Crippen LogP contribution is 2.11. The van der Waals surface area contributed by atoms with E-state index in [9.17, 15) is 18.0 Å². The molecule has 0 unspecified atom stereocenters. The Balaban J connectivity index is 0. The molecule has 0 aromatic heterocycles. The van der Waals surface area contributed by atoms with Crippen LogP contribution in [-0.4, -0.2) is 42.4 Å². The van der Waals surface area contributed by atoms with Crippen LogP contribution in [0.4, 0.5) is 0 Å². The molecule has 0 saturated heterocycles. The number of aliphatic carboxylic acids is 1. The van der Waals surface area contributed by atoms with Gasteiger partial charge in [-0.1, -0.05) is 65.2 Å². The fourth-order valence-corrected chi connectivity index (χ4v) is 2.66. The van der Waals surface area contributed by atoms with E-state index in [1.54, 1.807) is 13.8 Å². The Morgan fingerprint density at radius 3 is 1.50 bits per heavy atom. The summed E-state index contributed by atoms with van der Waals surface area (Å²) in [7, 11) is -3.78. The predicted octanol–water partition coefficient (Wildman–Crippen LogP) is 4.21. The smallest absolute Gasteiger partial charge is 0.305 e. The van der Waals surface area contributed by atoms with Crippen molar-refractivity contribution in [1.82, 2.24) is 0 Å². The number of esters is 1. The second-order valence-corrected chi connectivity index (χ2v) is 7.71. The molecule has 0 radical (unpaired) electrons. The molecule has 0 heterocycles. The van der Waals surface area contributed by atoms with E-state index in [2.05, 4.69) is 0 Å². The molecule has 0 atom stereocenters. The molecular formula is C18H36O7S. The average Bonchev–Trinajstić information content (AvgIpc) is 2.58. The van der Waals surface area contributed by atoms with Gasteiger partial charge in [0.25, 0.3) is 10.1 Å². The number of unbranched alkanes of at least 4 members (excludes halogenated alkanes) is 9. The minimum Gasteiger partial charge on any atom is -0.481 e. The van der Waals surface area contributed by atoms with Crippen molar-refractivity contribution < 1.29 is 32.4 Å². The first-order valence-corrected chi connectivity index (χ1v) is 11.2. The predicted molar refractivity (Wildman–Crippen MR) is 102 cm³/mol. The van der Waals surface area contributed by atoms with Crippen LogP contribution in [0.15, 0.2) is 0 Å². The van der Waals surface area contributed by atoms with Gasteiger partial charge in [-0.2, -0.15) is 8.42 Å². The first-order chi connectivity index (χ1) is 12.2.